The lowest BCUT2D eigenvalue weighted by Crippen LogP contribution is -2.25. The predicted octanol–water partition coefficient (Wildman–Crippen LogP) is 4.50. The van der Waals surface area contributed by atoms with Gasteiger partial charge in [-0.15, -0.1) is 0 Å². The van der Waals surface area contributed by atoms with E-state index in [9.17, 15) is 5.11 Å². The summed E-state index contributed by atoms with van der Waals surface area (Å²) < 4.78 is 11.8. The van der Waals surface area contributed by atoms with Crippen LogP contribution >= 0.6 is 0 Å². The van der Waals surface area contributed by atoms with Crippen molar-refractivity contribution in [1.29, 1.82) is 0 Å². The van der Waals surface area contributed by atoms with Gasteiger partial charge in [0.2, 0.25) is 0 Å². The van der Waals surface area contributed by atoms with Crippen LogP contribution in [0.25, 0.3) is 0 Å². The van der Waals surface area contributed by atoms with Crippen molar-refractivity contribution in [3.8, 4) is 17.2 Å². The zero-order valence-corrected chi connectivity index (χ0v) is 14.9. The molecule has 0 aliphatic carbocycles. The molecule has 0 amide bonds. The average molecular weight is 359 g/mol. The van der Waals surface area contributed by atoms with E-state index < -0.39 is 0 Å². The standard InChI is InChI=1S/C23H21NO3/c25-17-7-9-21-18(13-17)23(19(14-27-21)15-4-2-1-3-5-15)16-6-8-22-20(12-16)24-10-11-26-22/h1-9,12-13,19,23-25H,10-11,14H2/t19-,23-/m0/s1. The van der Waals surface area contributed by atoms with Crippen molar-refractivity contribution in [2.75, 3.05) is 25.1 Å². The van der Waals surface area contributed by atoms with Gasteiger partial charge >= 0.3 is 0 Å². The number of anilines is 1. The van der Waals surface area contributed by atoms with Crippen LogP contribution in [0.3, 0.4) is 0 Å². The topological polar surface area (TPSA) is 50.7 Å². The molecule has 0 saturated heterocycles. The second kappa shape index (κ2) is 6.54. The number of fused-ring (bicyclic) bond motifs is 2. The van der Waals surface area contributed by atoms with E-state index in [-0.39, 0.29) is 17.6 Å². The van der Waals surface area contributed by atoms with Crippen LogP contribution in [0, 0.1) is 0 Å². The van der Waals surface area contributed by atoms with Gasteiger partial charge in [-0.2, -0.15) is 0 Å². The fourth-order valence-electron chi connectivity index (χ4n) is 4.16. The van der Waals surface area contributed by atoms with Gasteiger partial charge in [-0.05, 0) is 41.5 Å². The summed E-state index contributed by atoms with van der Waals surface area (Å²) in [5.41, 5.74) is 4.47. The zero-order chi connectivity index (χ0) is 18.2. The van der Waals surface area contributed by atoms with Gasteiger partial charge in [-0.1, -0.05) is 36.4 Å². The van der Waals surface area contributed by atoms with Crippen LogP contribution in [-0.2, 0) is 0 Å². The fraction of sp³-hybridized carbons (Fsp3) is 0.217. The number of hydrogen-bond acceptors (Lipinski definition) is 4. The summed E-state index contributed by atoms with van der Waals surface area (Å²) in [6.45, 7) is 2.10. The van der Waals surface area contributed by atoms with Crippen LogP contribution in [0.4, 0.5) is 5.69 Å². The van der Waals surface area contributed by atoms with Gasteiger partial charge in [-0.25, -0.2) is 0 Å². The van der Waals surface area contributed by atoms with Crippen LogP contribution in [0.1, 0.15) is 28.5 Å². The first-order valence-corrected chi connectivity index (χ1v) is 9.31. The molecule has 0 radical (unpaired) electrons. The maximum Gasteiger partial charge on any atom is 0.142 e. The number of ether oxygens (including phenoxy) is 2. The van der Waals surface area contributed by atoms with Crippen LogP contribution < -0.4 is 14.8 Å². The highest BCUT2D eigenvalue weighted by Crippen LogP contribution is 2.48. The monoisotopic (exact) mass is 359 g/mol. The molecule has 2 aliphatic heterocycles. The summed E-state index contributed by atoms with van der Waals surface area (Å²) in [5.74, 6) is 2.26. The van der Waals surface area contributed by atoms with E-state index >= 15 is 0 Å². The van der Waals surface area contributed by atoms with Gasteiger partial charge in [0.05, 0.1) is 12.3 Å². The maximum absolute atomic E-state index is 10.1. The molecule has 2 heterocycles. The molecule has 0 unspecified atom stereocenters. The molecule has 2 atom stereocenters. The molecule has 0 bridgehead atoms. The van der Waals surface area contributed by atoms with E-state index in [0.29, 0.717) is 13.2 Å². The minimum absolute atomic E-state index is 0.0947. The Hall–Kier alpha value is -3.14. The van der Waals surface area contributed by atoms with Crippen LogP contribution in [0.2, 0.25) is 0 Å². The Labute approximate surface area is 158 Å². The Bertz CT molecular complexity index is 971. The SMILES string of the molecule is Oc1ccc2c(c1)[C@H](c1ccc3c(c1)NCCO3)[C@H](c1ccccc1)CO2. The molecule has 3 aromatic rings. The van der Waals surface area contributed by atoms with E-state index in [1.807, 2.05) is 24.3 Å². The maximum atomic E-state index is 10.1. The molecule has 2 N–H and O–H groups in total. The van der Waals surface area contributed by atoms with Crippen molar-refractivity contribution < 1.29 is 14.6 Å². The van der Waals surface area contributed by atoms with E-state index in [4.69, 9.17) is 9.47 Å². The summed E-state index contributed by atoms with van der Waals surface area (Å²) in [5, 5.41) is 13.5. The fourth-order valence-corrected chi connectivity index (χ4v) is 4.16. The third-order valence-corrected chi connectivity index (χ3v) is 5.41. The Morgan fingerprint density at radius 3 is 2.59 bits per heavy atom. The molecule has 0 saturated carbocycles. The minimum Gasteiger partial charge on any atom is -0.508 e. The molecule has 2 aliphatic rings. The molecule has 136 valence electrons. The van der Waals surface area contributed by atoms with Crippen molar-refractivity contribution in [2.24, 2.45) is 0 Å². The average Bonchev–Trinajstić information content (AvgIpc) is 2.73. The predicted molar refractivity (Wildman–Crippen MR) is 105 cm³/mol. The quantitative estimate of drug-likeness (QED) is 0.707. The van der Waals surface area contributed by atoms with Gasteiger partial charge in [0.15, 0.2) is 0 Å². The van der Waals surface area contributed by atoms with E-state index in [2.05, 4.69) is 41.7 Å². The third-order valence-electron chi connectivity index (χ3n) is 5.41. The lowest BCUT2D eigenvalue weighted by atomic mass is 9.75. The molecule has 0 fully saturated rings. The second-order valence-electron chi connectivity index (χ2n) is 7.06. The van der Waals surface area contributed by atoms with Crippen molar-refractivity contribution in [3.05, 3.63) is 83.4 Å². The lowest BCUT2D eigenvalue weighted by Gasteiger charge is -2.35. The number of nitrogens with one attached hydrogen (secondary N) is 1. The number of phenolic OH excluding ortho intramolecular Hbond substituents is 1. The lowest BCUT2D eigenvalue weighted by molar-refractivity contribution is 0.248. The summed E-state index contributed by atoms with van der Waals surface area (Å²) >= 11 is 0. The van der Waals surface area contributed by atoms with Crippen LogP contribution in [0.5, 0.6) is 17.2 Å². The molecule has 3 aromatic carbocycles. The van der Waals surface area contributed by atoms with E-state index in [0.717, 1.165) is 29.3 Å². The molecular weight excluding hydrogens is 338 g/mol. The smallest absolute Gasteiger partial charge is 0.142 e. The molecule has 27 heavy (non-hydrogen) atoms. The molecule has 5 rings (SSSR count). The number of aromatic hydroxyl groups is 1. The Morgan fingerprint density at radius 2 is 1.70 bits per heavy atom. The number of benzene rings is 3. The first kappa shape index (κ1) is 16.1. The van der Waals surface area contributed by atoms with Crippen molar-refractivity contribution >= 4 is 5.69 Å². The van der Waals surface area contributed by atoms with Gasteiger partial charge in [-0.3, -0.25) is 0 Å². The number of hydrogen-bond donors (Lipinski definition) is 2. The highest BCUT2D eigenvalue weighted by molar-refractivity contribution is 5.62. The van der Waals surface area contributed by atoms with Gasteiger partial charge in [0.1, 0.15) is 23.9 Å². The Morgan fingerprint density at radius 1 is 0.852 bits per heavy atom. The van der Waals surface area contributed by atoms with Gasteiger partial charge in [0.25, 0.3) is 0 Å². The van der Waals surface area contributed by atoms with Gasteiger partial charge < -0.3 is 19.9 Å². The summed E-state index contributed by atoms with van der Waals surface area (Å²) in [6.07, 6.45) is 0. The Kier molecular flexibility index (Phi) is 3.89. The normalized spacial score (nSPS) is 20.4. The number of phenols is 1. The first-order valence-electron chi connectivity index (χ1n) is 9.31. The van der Waals surface area contributed by atoms with Gasteiger partial charge in [0, 0.05) is 23.9 Å². The highest BCUT2D eigenvalue weighted by Gasteiger charge is 2.34. The third kappa shape index (κ3) is 2.87. The summed E-state index contributed by atoms with van der Waals surface area (Å²) in [4.78, 5) is 0. The van der Waals surface area contributed by atoms with Crippen molar-refractivity contribution in [1.82, 2.24) is 0 Å². The Balaban J connectivity index is 1.66. The van der Waals surface area contributed by atoms with Crippen LogP contribution in [-0.4, -0.2) is 24.9 Å². The summed E-state index contributed by atoms with van der Waals surface area (Å²) in [6, 6.07) is 22.2. The molecule has 0 spiro atoms. The minimum atomic E-state index is 0.0947. The van der Waals surface area contributed by atoms with Crippen molar-refractivity contribution in [3.63, 3.8) is 0 Å². The summed E-state index contributed by atoms with van der Waals surface area (Å²) in [7, 11) is 0. The van der Waals surface area contributed by atoms with Crippen molar-refractivity contribution in [2.45, 2.75) is 11.8 Å². The zero-order valence-electron chi connectivity index (χ0n) is 14.9. The molecule has 4 heteroatoms. The molecular formula is C23H21NO3. The highest BCUT2D eigenvalue weighted by atomic mass is 16.5. The van der Waals surface area contributed by atoms with E-state index in [1.54, 1.807) is 6.07 Å². The second-order valence-corrected chi connectivity index (χ2v) is 7.06. The van der Waals surface area contributed by atoms with E-state index in [1.165, 1.54) is 11.1 Å². The largest absolute Gasteiger partial charge is 0.508 e. The number of rotatable bonds is 2. The molecule has 0 aromatic heterocycles. The molecule has 4 nitrogen and oxygen atoms in total. The van der Waals surface area contributed by atoms with Crippen LogP contribution in [0.15, 0.2) is 66.7 Å². The first-order chi connectivity index (χ1) is 13.3.